The van der Waals surface area contributed by atoms with E-state index in [9.17, 15) is 9.59 Å². The molecule has 0 unspecified atom stereocenters. The molecule has 0 saturated heterocycles. The van der Waals surface area contributed by atoms with Crippen molar-refractivity contribution in [2.75, 3.05) is 19.0 Å². The van der Waals surface area contributed by atoms with E-state index in [-0.39, 0.29) is 17.2 Å². The second kappa shape index (κ2) is 4.89. The van der Waals surface area contributed by atoms with Crippen molar-refractivity contribution in [1.82, 2.24) is 0 Å². The average molecular weight is 264 g/mol. The molecule has 2 rings (SSSR count). The lowest BCUT2D eigenvalue weighted by molar-refractivity contribution is -0.120. The number of hydrogen-bond acceptors (Lipinski definition) is 4. The third-order valence-electron chi connectivity index (χ3n) is 3.42. The Labute approximate surface area is 110 Å². The summed E-state index contributed by atoms with van der Waals surface area (Å²) in [5, 5.41) is 11.7. The number of nitrogens with two attached hydrogens (primary N) is 1. The Morgan fingerprint density at radius 2 is 2.16 bits per heavy atom. The SMILES string of the molecule is COc1cc(NC(=O)C2(CN)CC2)ccc1C(=O)O. The summed E-state index contributed by atoms with van der Waals surface area (Å²) in [5.74, 6) is -0.988. The fourth-order valence-corrected chi connectivity index (χ4v) is 1.88. The summed E-state index contributed by atoms with van der Waals surface area (Å²) in [6, 6.07) is 4.43. The second-order valence-electron chi connectivity index (χ2n) is 4.66. The molecular weight excluding hydrogens is 248 g/mol. The molecule has 1 saturated carbocycles. The van der Waals surface area contributed by atoms with Crippen LogP contribution in [0.1, 0.15) is 23.2 Å². The molecule has 0 atom stereocenters. The van der Waals surface area contributed by atoms with E-state index in [0.29, 0.717) is 12.2 Å². The lowest BCUT2D eigenvalue weighted by atomic mass is 10.1. The number of hydrogen-bond donors (Lipinski definition) is 3. The van der Waals surface area contributed by atoms with Gasteiger partial charge in [0.05, 0.1) is 12.5 Å². The summed E-state index contributed by atoms with van der Waals surface area (Å²) < 4.78 is 5.00. The van der Waals surface area contributed by atoms with Crippen LogP contribution in [0.25, 0.3) is 0 Å². The molecule has 0 bridgehead atoms. The van der Waals surface area contributed by atoms with E-state index in [0.717, 1.165) is 12.8 Å². The molecule has 0 heterocycles. The van der Waals surface area contributed by atoms with Crippen LogP contribution < -0.4 is 15.8 Å². The Morgan fingerprint density at radius 1 is 1.47 bits per heavy atom. The van der Waals surface area contributed by atoms with Gasteiger partial charge in [-0.25, -0.2) is 4.79 Å². The molecule has 6 heteroatoms. The maximum atomic E-state index is 12.0. The predicted molar refractivity (Wildman–Crippen MR) is 69.3 cm³/mol. The van der Waals surface area contributed by atoms with Gasteiger partial charge in [0.25, 0.3) is 0 Å². The summed E-state index contributed by atoms with van der Waals surface area (Å²) in [5.41, 5.74) is 5.70. The Hall–Kier alpha value is -2.08. The number of ether oxygens (including phenoxy) is 1. The topological polar surface area (TPSA) is 102 Å². The van der Waals surface area contributed by atoms with Crippen LogP contribution in [0.15, 0.2) is 18.2 Å². The van der Waals surface area contributed by atoms with Crippen LogP contribution in [-0.4, -0.2) is 30.6 Å². The normalized spacial score (nSPS) is 15.7. The molecule has 1 aromatic rings. The van der Waals surface area contributed by atoms with Gasteiger partial charge >= 0.3 is 5.97 Å². The van der Waals surface area contributed by atoms with Crippen LogP contribution in [0.5, 0.6) is 5.75 Å². The maximum Gasteiger partial charge on any atom is 0.339 e. The average Bonchev–Trinajstić information content (AvgIpc) is 3.19. The Morgan fingerprint density at radius 3 is 2.63 bits per heavy atom. The highest BCUT2D eigenvalue weighted by molar-refractivity contribution is 5.98. The van der Waals surface area contributed by atoms with E-state index in [4.69, 9.17) is 15.6 Å². The van der Waals surface area contributed by atoms with Gasteiger partial charge in [-0.2, -0.15) is 0 Å². The summed E-state index contributed by atoms with van der Waals surface area (Å²) in [7, 11) is 1.38. The number of carbonyl (C=O) groups is 2. The number of rotatable bonds is 5. The lowest BCUT2D eigenvalue weighted by Crippen LogP contribution is -2.30. The van der Waals surface area contributed by atoms with Crippen LogP contribution in [0, 0.1) is 5.41 Å². The minimum absolute atomic E-state index is 0.0560. The van der Waals surface area contributed by atoms with E-state index in [1.54, 1.807) is 0 Å². The first kappa shape index (κ1) is 13.4. The number of nitrogens with one attached hydrogen (secondary N) is 1. The third kappa shape index (κ3) is 2.53. The molecule has 0 spiro atoms. The standard InChI is InChI=1S/C13H16N2O4/c1-19-10-6-8(2-3-9(10)11(16)17)15-12(18)13(7-14)4-5-13/h2-3,6H,4-5,7,14H2,1H3,(H,15,18)(H,16,17). The second-order valence-corrected chi connectivity index (χ2v) is 4.66. The molecule has 1 aliphatic carbocycles. The van der Waals surface area contributed by atoms with Crippen molar-refractivity contribution in [2.45, 2.75) is 12.8 Å². The minimum Gasteiger partial charge on any atom is -0.496 e. The van der Waals surface area contributed by atoms with Crippen molar-refractivity contribution in [3.05, 3.63) is 23.8 Å². The van der Waals surface area contributed by atoms with Gasteiger partial charge in [0.2, 0.25) is 5.91 Å². The fraction of sp³-hybridized carbons (Fsp3) is 0.385. The van der Waals surface area contributed by atoms with Crippen LogP contribution >= 0.6 is 0 Å². The predicted octanol–water partition coefficient (Wildman–Crippen LogP) is 1.07. The number of carbonyl (C=O) groups excluding carboxylic acids is 1. The molecule has 0 aliphatic heterocycles. The molecule has 6 nitrogen and oxygen atoms in total. The van der Waals surface area contributed by atoms with Crippen molar-refractivity contribution >= 4 is 17.6 Å². The molecule has 1 amide bonds. The number of aromatic carboxylic acids is 1. The summed E-state index contributed by atoms with van der Waals surface area (Å²) in [4.78, 5) is 22.9. The first-order valence-electron chi connectivity index (χ1n) is 5.95. The molecule has 102 valence electrons. The van der Waals surface area contributed by atoms with Gasteiger partial charge in [0.1, 0.15) is 11.3 Å². The van der Waals surface area contributed by atoms with E-state index >= 15 is 0 Å². The zero-order valence-electron chi connectivity index (χ0n) is 10.6. The number of anilines is 1. The van der Waals surface area contributed by atoms with Crippen LogP contribution in [0.3, 0.4) is 0 Å². The number of carboxylic acids is 1. The first-order chi connectivity index (χ1) is 9.02. The van der Waals surface area contributed by atoms with Gasteiger partial charge in [-0.1, -0.05) is 0 Å². The zero-order chi connectivity index (χ0) is 14.0. The highest BCUT2D eigenvalue weighted by Gasteiger charge is 2.48. The number of carboxylic acid groups (broad SMARTS) is 1. The molecule has 0 radical (unpaired) electrons. The summed E-state index contributed by atoms with van der Waals surface area (Å²) in [6.45, 7) is 0.323. The van der Waals surface area contributed by atoms with Gasteiger partial charge < -0.3 is 20.9 Å². The van der Waals surface area contributed by atoms with E-state index < -0.39 is 11.4 Å². The van der Waals surface area contributed by atoms with E-state index in [1.165, 1.54) is 25.3 Å². The quantitative estimate of drug-likeness (QED) is 0.738. The highest BCUT2D eigenvalue weighted by Crippen LogP contribution is 2.45. The minimum atomic E-state index is -1.07. The molecule has 4 N–H and O–H groups in total. The van der Waals surface area contributed by atoms with E-state index in [1.807, 2.05) is 0 Å². The van der Waals surface area contributed by atoms with Crippen LogP contribution in [0.4, 0.5) is 5.69 Å². The zero-order valence-corrected chi connectivity index (χ0v) is 10.6. The molecule has 1 aliphatic rings. The van der Waals surface area contributed by atoms with Gasteiger partial charge in [-0.3, -0.25) is 4.79 Å². The molecule has 1 aromatic carbocycles. The van der Waals surface area contributed by atoms with Crippen molar-refractivity contribution in [2.24, 2.45) is 11.1 Å². The largest absolute Gasteiger partial charge is 0.496 e. The van der Waals surface area contributed by atoms with Gasteiger partial charge in [0.15, 0.2) is 0 Å². The first-order valence-corrected chi connectivity index (χ1v) is 5.95. The fourth-order valence-electron chi connectivity index (χ4n) is 1.88. The summed E-state index contributed by atoms with van der Waals surface area (Å²) >= 11 is 0. The summed E-state index contributed by atoms with van der Waals surface area (Å²) in [6.07, 6.45) is 1.58. The van der Waals surface area contributed by atoms with Crippen LogP contribution in [-0.2, 0) is 4.79 Å². The van der Waals surface area contributed by atoms with Gasteiger partial charge in [0, 0.05) is 18.3 Å². The molecular formula is C13H16N2O4. The monoisotopic (exact) mass is 264 g/mol. The molecule has 1 fully saturated rings. The number of methoxy groups -OCH3 is 1. The smallest absolute Gasteiger partial charge is 0.339 e. The van der Waals surface area contributed by atoms with Crippen molar-refractivity contribution in [3.63, 3.8) is 0 Å². The lowest BCUT2D eigenvalue weighted by Gasteiger charge is -2.14. The van der Waals surface area contributed by atoms with Crippen molar-refractivity contribution in [1.29, 1.82) is 0 Å². The maximum absolute atomic E-state index is 12.0. The van der Waals surface area contributed by atoms with E-state index in [2.05, 4.69) is 5.32 Å². The molecule has 0 aromatic heterocycles. The van der Waals surface area contributed by atoms with Gasteiger partial charge in [-0.05, 0) is 25.0 Å². The van der Waals surface area contributed by atoms with Crippen LogP contribution in [0.2, 0.25) is 0 Å². The Kier molecular flexibility index (Phi) is 3.44. The Balaban J connectivity index is 2.18. The third-order valence-corrected chi connectivity index (χ3v) is 3.42. The van der Waals surface area contributed by atoms with Crippen molar-refractivity contribution in [3.8, 4) is 5.75 Å². The van der Waals surface area contributed by atoms with Crippen molar-refractivity contribution < 1.29 is 19.4 Å². The number of amides is 1. The number of benzene rings is 1. The highest BCUT2D eigenvalue weighted by atomic mass is 16.5. The van der Waals surface area contributed by atoms with Gasteiger partial charge in [-0.15, -0.1) is 0 Å². The molecule has 19 heavy (non-hydrogen) atoms. The Bertz CT molecular complexity index is 523.